The van der Waals surface area contributed by atoms with Crippen LogP contribution in [0.1, 0.15) is 34.8 Å². The molecule has 0 aliphatic carbocycles. The fourth-order valence-electron chi connectivity index (χ4n) is 3.34. The number of aliphatic imine (C=N–C) groups is 1. The first-order valence-electron chi connectivity index (χ1n) is 10.5. The van der Waals surface area contributed by atoms with Crippen molar-refractivity contribution in [2.75, 3.05) is 25.0 Å². The summed E-state index contributed by atoms with van der Waals surface area (Å²) in [6, 6.07) is 5.92. The molecular weight excluding hydrogens is 546 g/mol. The van der Waals surface area contributed by atoms with E-state index in [2.05, 4.69) is 42.2 Å². The molecule has 1 atom stereocenters. The van der Waals surface area contributed by atoms with Crippen molar-refractivity contribution in [2.24, 2.45) is 4.99 Å². The zero-order valence-corrected chi connectivity index (χ0v) is 20.6. The van der Waals surface area contributed by atoms with E-state index in [0.29, 0.717) is 22.7 Å². The molecule has 0 saturated heterocycles. The Bertz CT molecular complexity index is 1180. The van der Waals surface area contributed by atoms with Gasteiger partial charge < -0.3 is 36.6 Å². The van der Waals surface area contributed by atoms with Gasteiger partial charge in [0.2, 0.25) is 5.91 Å². The van der Waals surface area contributed by atoms with Gasteiger partial charge in [0.15, 0.2) is 5.96 Å². The molecule has 0 saturated carbocycles. The number of carboxylic acid groups (broad SMARTS) is 1. The number of carboxylic acids is 1. The Kier molecular flexibility index (Phi) is 8.77. The largest absolute Gasteiger partial charge is 0.508 e. The summed E-state index contributed by atoms with van der Waals surface area (Å²) in [6.07, 6.45) is 0.377. The molecule has 186 valence electrons. The number of rotatable bonds is 8. The van der Waals surface area contributed by atoms with Crippen LogP contribution in [-0.2, 0) is 9.59 Å². The Hall–Kier alpha value is -3.51. The molecule has 1 aliphatic heterocycles. The number of carbonyl (C=O) groups is 3. The van der Waals surface area contributed by atoms with Crippen LogP contribution in [0.3, 0.4) is 0 Å². The summed E-state index contributed by atoms with van der Waals surface area (Å²) >= 11 is 9.18. The van der Waals surface area contributed by atoms with E-state index in [0.717, 1.165) is 13.0 Å². The van der Waals surface area contributed by atoms with Crippen molar-refractivity contribution in [3.05, 3.63) is 51.0 Å². The molecule has 2 amide bonds. The van der Waals surface area contributed by atoms with E-state index < -0.39 is 36.8 Å². The quantitative estimate of drug-likeness (QED) is 0.254. The third-order valence-electron chi connectivity index (χ3n) is 4.90. The lowest BCUT2D eigenvalue weighted by atomic mass is 10.0. The number of phenols is 2. The zero-order valence-electron chi connectivity index (χ0n) is 18.3. The van der Waals surface area contributed by atoms with Gasteiger partial charge in [0.1, 0.15) is 11.5 Å². The number of halogens is 2. The standard InChI is InChI=1S/C22H23BrClN5O6/c23-12-6-15(20(34)16(24)7-12)17(9-19(32)33)29-18(31)10-27-21(35)11-4-13(8-14(30)5-11)28-22-25-2-1-3-26-22/h4-8,17,30,34H,1-3,9-10H2,(H,27,35)(H,29,31)(H,32,33)(H2,25,26,28)/t17-/m1/s1. The number of guanidine groups is 1. The lowest BCUT2D eigenvalue weighted by Gasteiger charge is -2.20. The minimum absolute atomic E-state index is 0.0185. The van der Waals surface area contributed by atoms with Gasteiger partial charge in [-0.1, -0.05) is 27.5 Å². The third-order valence-corrected chi connectivity index (χ3v) is 5.64. The normalized spacial score (nSPS) is 13.7. The number of aliphatic carboxylic acids is 1. The highest BCUT2D eigenvalue weighted by atomic mass is 79.9. The van der Waals surface area contributed by atoms with Crippen LogP contribution in [0.25, 0.3) is 0 Å². The highest BCUT2D eigenvalue weighted by Gasteiger charge is 2.23. The second-order valence-electron chi connectivity index (χ2n) is 7.63. The maximum absolute atomic E-state index is 12.6. The van der Waals surface area contributed by atoms with Crippen LogP contribution in [0, 0.1) is 0 Å². The van der Waals surface area contributed by atoms with E-state index in [1.165, 1.54) is 30.3 Å². The van der Waals surface area contributed by atoms with Gasteiger partial charge in [-0.3, -0.25) is 19.4 Å². The average molecular weight is 569 g/mol. The second kappa shape index (κ2) is 11.8. The molecular formula is C22H23BrClN5O6. The number of amides is 2. The van der Waals surface area contributed by atoms with Crippen LogP contribution >= 0.6 is 27.5 Å². The summed E-state index contributed by atoms with van der Waals surface area (Å²) in [6.45, 7) is 0.924. The van der Waals surface area contributed by atoms with Crippen molar-refractivity contribution < 1.29 is 29.7 Å². The Labute approximate surface area is 213 Å². The minimum Gasteiger partial charge on any atom is -0.508 e. The van der Waals surface area contributed by atoms with Gasteiger partial charge in [-0.25, -0.2) is 0 Å². The Morgan fingerprint density at radius 2 is 1.94 bits per heavy atom. The maximum atomic E-state index is 12.6. The highest BCUT2D eigenvalue weighted by Crippen LogP contribution is 2.36. The van der Waals surface area contributed by atoms with E-state index in [-0.39, 0.29) is 27.6 Å². The number of hydrogen-bond donors (Lipinski definition) is 7. The SMILES string of the molecule is O=C(O)C[C@@H](NC(=O)CNC(=O)c1cc(O)cc(NC2=NCCCN2)c1)c1cc(Br)cc(Cl)c1O. The average Bonchev–Trinajstić information content (AvgIpc) is 2.79. The van der Waals surface area contributed by atoms with E-state index in [1.54, 1.807) is 0 Å². The summed E-state index contributed by atoms with van der Waals surface area (Å²) in [5.41, 5.74) is 0.626. The van der Waals surface area contributed by atoms with Gasteiger partial charge in [-0.05, 0) is 30.7 Å². The predicted octanol–water partition coefficient (Wildman–Crippen LogP) is 2.34. The van der Waals surface area contributed by atoms with Crippen molar-refractivity contribution in [1.29, 1.82) is 0 Å². The van der Waals surface area contributed by atoms with Gasteiger partial charge in [0, 0.05) is 40.4 Å². The number of benzene rings is 2. The Morgan fingerprint density at radius 3 is 2.63 bits per heavy atom. The van der Waals surface area contributed by atoms with Crippen molar-refractivity contribution in [2.45, 2.75) is 18.9 Å². The second-order valence-corrected chi connectivity index (χ2v) is 8.95. The predicted molar refractivity (Wildman–Crippen MR) is 133 cm³/mol. The number of carbonyl (C=O) groups excluding carboxylic acids is 2. The lowest BCUT2D eigenvalue weighted by Crippen LogP contribution is -2.39. The zero-order chi connectivity index (χ0) is 25.5. The van der Waals surface area contributed by atoms with Gasteiger partial charge in [0.05, 0.1) is 24.0 Å². The van der Waals surface area contributed by atoms with Crippen LogP contribution in [0.4, 0.5) is 5.69 Å². The van der Waals surface area contributed by atoms with Gasteiger partial charge >= 0.3 is 5.97 Å². The van der Waals surface area contributed by atoms with Crippen molar-refractivity contribution in [1.82, 2.24) is 16.0 Å². The van der Waals surface area contributed by atoms with Gasteiger partial charge in [0.25, 0.3) is 5.91 Å². The number of nitrogens with one attached hydrogen (secondary N) is 4. The van der Waals surface area contributed by atoms with Crippen molar-refractivity contribution in [3.8, 4) is 11.5 Å². The van der Waals surface area contributed by atoms with Crippen LogP contribution in [0.2, 0.25) is 5.02 Å². The monoisotopic (exact) mass is 567 g/mol. The molecule has 0 aromatic heterocycles. The smallest absolute Gasteiger partial charge is 0.305 e. The Balaban J connectivity index is 1.66. The molecule has 0 unspecified atom stereocenters. The fraction of sp³-hybridized carbons (Fsp3) is 0.273. The molecule has 0 bridgehead atoms. The topological polar surface area (TPSA) is 172 Å². The van der Waals surface area contributed by atoms with Crippen LogP contribution in [-0.4, -0.2) is 58.7 Å². The molecule has 1 aliphatic rings. The van der Waals surface area contributed by atoms with Gasteiger partial charge in [-0.15, -0.1) is 0 Å². The summed E-state index contributed by atoms with van der Waals surface area (Å²) in [7, 11) is 0. The molecule has 35 heavy (non-hydrogen) atoms. The summed E-state index contributed by atoms with van der Waals surface area (Å²) in [5.74, 6) is -2.55. The fourth-order valence-corrected chi connectivity index (χ4v) is 4.17. The van der Waals surface area contributed by atoms with E-state index >= 15 is 0 Å². The van der Waals surface area contributed by atoms with E-state index in [4.69, 9.17) is 11.6 Å². The van der Waals surface area contributed by atoms with E-state index in [9.17, 15) is 29.7 Å². The summed E-state index contributed by atoms with van der Waals surface area (Å²) in [4.78, 5) is 40.7. The molecule has 3 rings (SSSR count). The van der Waals surface area contributed by atoms with E-state index in [1.807, 2.05) is 0 Å². The molecule has 11 nitrogen and oxygen atoms in total. The van der Waals surface area contributed by atoms with Crippen LogP contribution in [0.15, 0.2) is 39.8 Å². The summed E-state index contributed by atoms with van der Waals surface area (Å²) < 4.78 is 0.482. The first-order valence-corrected chi connectivity index (χ1v) is 11.7. The number of nitrogens with zero attached hydrogens (tertiary/aromatic N) is 1. The molecule has 13 heteroatoms. The maximum Gasteiger partial charge on any atom is 0.305 e. The first-order chi connectivity index (χ1) is 16.6. The third kappa shape index (κ3) is 7.49. The molecule has 1 heterocycles. The number of hydrogen-bond acceptors (Lipinski definition) is 8. The van der Waals surface area contributed by atoms with Crippen LogP contribution < -0.4 is 21.3 Å². The van der Waals surface area contributed by atoms with Crippen LogP contribution in [0.5, 0.6) is 11.5 Å². The van der Waals surface area contributed by atoms with Crippen molar-refractivity contribution >= 4 is 57.0 Å². The molecule has 0 radical (unpaired) electrons. The lowest BCUT2D eigenvalue weighted by molar-refractivity contribution is -0.137. The number of phenolic OH excluding ortho intramolecular Hbond substituents is 2. The van der Waals surface area contributed by atoms with Gasteiger partial charge in [-0.2, -0.15) is 0 Å². The molecule has 0 fully saturated rings. The van der Waals surface area contributed by atoms with Crippen molar-refractivity contribution in [3.63, 3.8) is 0 Å². The number of anilines is 1. The molecule has 0 spiro atoms. The first kappa shape index (κ1) is 26.1. The molecule has 2 aromatic carbocycles. The summed E-state index contributed by atoms with van der Waals surface area (Å²) in [5, 5.41) is 40.4. The highest BCUT2D eigenvalue weighted by molar-refractivity contribution is 9.10. The molecule has 7 N–H and O–H groups in total. The Morgan fingerprint density at radius 1 is 1.17 bits per heavy atom. The minimum atomic E-state index is -1.22. The molecule has 2 aromatic rings. The number of aromatic hydroxyl groups is 2.